The van der Waals surface area contributed by atoms with Crippen molar-refractivity contribution in [1.82, 2.24) is 10.2 Å². The van der Waals surface area contributed by atoms with Crippen molar-refractivity contribution in [2.24, 2.45) is 5.41 Å². The van der Waals surface area contributed by atoms with E-state index in [1.165, 1.54) is 41.8 Å². The van der Waals surface area contributed by atoms with Gasteiger partial charge >= 0.3 is 0 Å². The summed E-state index contributed by atoms with van der Waals surface area (Å²) in [6.07, 6.45) is 4.62. The largest absolute Gasteiger partial charge is 0.155 e. The molecule has 0 unspecified atom stereocenters. The molecule has 2 heteroatoms. The monoisotopic (exact) mass is 232 g/mol. The van der Waals surface area contributed by atoms with E-state index in [0.717, 1.165) is 6.42 Å². The Morgan fingerprint density at radius 1 is 1.18 bits per heavy atom. The van der Waals surface area contributed by atoms with Gasteiger partial charge in [-0.3, -0.25) is 0 Å². The Bertz CT molecular complexity index is 419. The summed E-state index contributed by atoms with van der Waals surface area (Å²) in [7, 11) is 0. The second kappa shape index (κ2) is 4.40. The lowest BCUT2D eigenvalue weighted by Crippen LogP contribution is -2.26. The fourth-order valence-corrected chi connectivity index (χ4v) is 2.83. The van der Waals surface area contributed by atoms with Gasteiger partial charge in [-0.1, -0.05) is 34.6 Å². The van der Waals surface area contributed by atoms with E-state index >= 15 is 0 Å². The summed E-state index contributed by atoms with van der Waals surface area (Å²) in [6, 6.07) is 0. The number of fused-ring (bicyclic) bond motifs is 1. The van der Waals surface area contributed by atoms with Crippen molar-refractivity contribution in [2.45, 2.75) is 66.2 Å². The number of aryl methyl sites for hydroxylation is 1. The lowest BCUT2D eigenvalue weighted by atomic mass is 9.73. The van der Waals surface area contributed by atoms with Crippen LogP contribution in [0.5, 0.6) is 0 Å². The molecule has 0 bridgehead atoms. The Labute approximate surface area is 105 Å². The van der Waals surface area contributed by atoms with Crippen LogP contribution in [0, 0.1) is 5.41 Å². The van der Waals surface area contributed by atoms with Crippen LogP contribution >= 0.6 is 0 Å². The summed E-state index contributed by atoms with van der Waals surface area (Å²) >= 11 is 0. The maximum Gasteiger partial charge on any atom is 0.0691 e. The lowest BCUT2D eigenvalue weighted by molar-refractivity contribution is 0.311. The zero-order valence-electron chi connectivity index (χ0n) is 11.8. The van der Waals surface area contributed by atoms with Gasteiger partial charge in [-0.25, -0.2) is 0 Å². The molecule has 1 aliphatic carbocycles. The number of aromatic nitrogens is 2. The molecule has 0 saturated carbocycles. The number of nitrogens with zero attached hydrogens (tertiary/aromatic N) is 2. The molecule has 0 N–H and O–H groups in total. The summed E-state index contributed by atoms with van der Waals surface area (Å²) in [5.74, 6) is 0.489. The molecule has 1 aromatic heterocycles. The average molecular weight is 232 g/mol. The fraction of sp³-hybridized carbons (Fsp3) is 0.733. The molecule has 2 nitrogen and oxygen atoms in total. The van der Waals surface area contributed by atoms with Crippen molar-refractivity contribution in [2.75, 3.05) is 0 Å². The highest BCUT2D eigenvalue weighted by molar-refractivity contribution is 5.37. The van der Waals surface area contributed by atoms with Gasteiger partial charge in [-0.05, 0) is 48.1 Å². The van der Waals surface area contributed by atoms with Gasteiger partial charge in [0.15, 0.2) is 0 Å². The predicted molar refractivity (Wildman–Crippen MR) is 71.3 cm³/mol. The molecular formula is C15H24N2. The average Bonchev–Trinajstić information content (AvgIpc) is 2.26. The van der Waals surface area contributed by atoms with E-state index < -0.39 is 0 Å². The minimum atomic E-state index is 0.425. The Balaban J connectivity index is 2.53. The van der Waals surface area contributed by atoms with Crippen molar-refractivity contribution in [3.8, 4) is 0 Å². The fourth-order valence-electron chi connectivity index (χ4n) is 2.83. The Morgan fingerprint density at radius 2 is 1.88 bits per heavy atom. The SMILES string of the molecule is CCc1nnc(C(C)C)c2c1CC(C)(C)CC2. The van der Waals surface area contributed by atoms with Crippen LogP contribution in [0.2, 0.25) is 0 Å². The van der Waals surface area contributed by atoms with Crippen molar-refractivity contribution in [3.63, 3.8) is 0 Å². The van der Waals surface area contributed by atoms with Gasteiger partial charge in [0, 0.05) is 0 Å². The van der Waals surface area contributed by atoms with Crippen LogP contribution in [0.25, 0.3) is 0 Å². The van der Waals surface area contributed by atoms with Crippen molar-refractivity contribution < 1.29 is 0 Å². The molecule has 94 valence electrons. The lowest BCUT2D eigenvalue weighted by Gasteiger charge is -2.33. The molecule has 1 heterocycles. The molecule has 1 aliphatic rings. The van der Waals surface area contributed by atoms with Crippen LogP contribution in [0.3, 0.4) is 0 Å². The van der Waals surface area contributed by atoms with E-state index in [0.29, 0.717) is 11.3 Å². The summed E-state index contributed by atoms with van der Waals surface area (Å²) in [4.78, 5) is 0. The van der Waals surface area contributed by atoms with Gasteiger partial charge in [0.05, 0.1) is 11.4 Å². The molecule has 1 aromatic rings. The minimum Gasteiger partial charge on any atom is -0.155 e. The maximum absolute atomic E-state index is 4.46. The maximum atomic E-state index is 4.46. The summed E-state index contributed by atoms with van der Waals surface area (Å²) in [6.45, 7) is 11.3. The molecule has 0 spiro atoms. The first-order chi connectivity index (χ1) is 7.94. The van der Waals surface area contributed by atoms with E-state index in [9.17, 15) is 0 Å². The standard InChI is InChI=1S/C15H24N2/c1-6-13-12-9-15(4,5)8-7-11(12)14(10(2)3)17-16-13/h10H,6-9H2,1-5H3. The van der Waals surface area contributed by atoms with E-state index in [-0.39, 0.29) is 0 Å². The molecule has 2 rings (SSSR count). The van der Waals surface area contributed by atoms with Crippen LogP contribution < -0.4 is 0 Å². The van der Waals surface area contributed by atoms with Crippen molar-refractivity contribution in [1.29, 1.82) is 0 Å². The molecule has 0 saturated heterocycles. The van der Waals surface area contributed by atoms with Crippen molar-refractivity contribution in [3.05, 3.63) is 22.5 Å². The second-order valence-corrected chi connectivity index (χ2v) is 6.34. The van der Waals surface area contributed by atoms with Crippen molar-refractivity contribution >= 4 is 0 Å². The quantitative estimate of drug-likeness (QED) is 0.777. The highest BCUT2D eigenvalue weighted by atomic mass is 15.1. The number of hydrogen-bond donors (Lipinski definition) is 0. The van der Waals surface area contributed by atoms with E-state index in [1.807, 2.05) is 0 Å². The van der Waals surface area contributed by atoms with Gasteiger partial charge < -0.3 is 0 Å². The first-order valence-corrected chi connectivity index (χ1v) is 6.82. The van der Waals surface area contributed by atoms with Crippen LogP contribution in [0.1, 0.15) is 69.5 Å². The van der Waals surface area contributed by atoms with Gasteiger partial charge in [0.2, 0.25) is 0 Å². The van der Waals surface area contributed by atoms with E-state index in [2.05, 4.69) is 44.8 Å². The number of hydrogen-bond acceptors (Lipinski definition) is 2. The Hall–Kier alpha value is -0.920. The number of rotatable bonds is 2. The highest BCUT2D eigenvalue weighted by Gasteiger charge is 2.29. The molecular weight excluding hydrogens is 208 g/mol. The smallest absolute Gasteiger partial charge is 0.0691 e. The highest BCUT2D eigenvalue weighted by Crippen LogP contribution is 2.38. The summed E-state index contributed by atoms with van der Waals surface area (Å²) in [5, 5.41) is 8.91. The molecule has 0 fully saturated rings. The first-order valence-electron chi connectivity index (χ1n) is 6.82. The predicted octanol–water partition coefficient (Wildman–Crippen LogP) is 3.68. The zero-order valence-corrected chi connectivity index (χ0v) is 11.8. The molecule has 0 atom stereocenters. The molecule has 17 heavy (non-hydrogen) atoms. The van der Waals surface area contributed by atoms with Gasteiger partial charge in [-0.15, -0.1) is 0 Å². The normalized spacial score (nSPS) is 18.2. The molecule has 0 aromatic carbocycles. The molecule has 0 aliphatic heterocycles. The molecule has 0 radical (unpaired) electrons. The Kier molecular flexibility index (Phi) is 3.24. The summed E-state index contributed by atoms with van der Waals surface area (Å²) < 4.78 is 0. The third kappa shape index (κ3) is 2.36. The summed E-state index contributed by atoms with van der Waals surface area (Å²) in [5.41, 5.74) is 5.88. The van der Waals surface area contributed by atoms with E-state index in [1.54, 1.807) is 0 Å². The van der Waals surface area contributed by atoms with Gasteiger partial charge in [0.1, 0.15) is 0 Å². The van der Waals surface area contributed by atoms with Gasteiger partial charge in [-0.2, -0.15) is 10.2 Å². The molecule has 0 amide bonds. The van der Waals surface area contributed by atoms with Crippen LogP contribution in [-0.4, -0.2) is 10.2 Å². The van der Waals surface area contributed by atoms with Gasteiger partial charge in [0.25, 0.3) is 0 Å². The van der Waals surface area contributed by atoms with E-state index in [4.69, 9.17) is 0 Å². The first kappa shape index (κ1) is 12.5. The zero-order chi connectivity index (χ0) is 12.6. The van der Waals surface area contributed by atoms with Crippen LogP contribution in [0.15, 0.2) is 0 Å². The van der Waals surface area contributed by atoms with Crippen LogP contribution in [-0.2, 0) is 19.3 Å². The minimum absolute atomic E-state index is 0.425. The van der Waals surface area contributed by atoms with Crippen LogP contribution in [0.4, 0.5) is 0 Å². The Morgan fingerprint density at radius 3 is 2.47 bits per heavy atom. The topological polar surface area (TPSA) is 25.8 Å². The third-order valence-corrected chi connectivity index (χ3v) is 3.89. The third-order valence-electron chi connectivity index (χ3n) is 3.89. The second-order valence-electron chi connectivity index (χ2n) is 6.34.